The molecule has 0 amide bonds. The Labute approximate surface area is 128 Å². The van der Waals surface area contributed by atoms with Crippen LogP contribution < -0.4 is 5.32 Å². The summed E-state index contributed by atoms with van der Waals surface area (Å²) in [5.41, 5.74) is -0.0951. The smallest absolute Gasteiger partial charge is 0.324 e. The highest BCUT2D eigenvalue weighted by Gasteiger charge is 2.25. The van der Waals surface area contributed by atoms with Gasteiger partial charge in [-0.3, -0.25) is 4.55 Å². The molecule has 2 N–H and O–H groups in total. The maximum Gasteiger partial charge on any atom is 0.408 e. The van der Waals surface area contributed by atoms with Crippen molar-refractivity contribution in [2.75, 3.05) is 5.32 Å². The van der Waals surface area contributed by atoms with Crippen LogP contribution in [-0.2, 0) is 10.1 Å². The van der Waals surface area contributed by atoms with Crippen LogP contribution in [0.15, 0.2) is 23.1 Å². The number of hydrogen-bond donors (Lipinski definition) is 2. The molecule has 0 aliphatic rings. The van der Waals surface area contributed by atoms with Crippen LogP contribution in [0.5, 0.6) is 0 Å². The predicted molar refractivity (Wildman–Crippen MR) is 74.1 cm³/mol. The molecule has 1 aromatic carbocycles. The van der Waals surface area contributed by atoms with Gasteiger partial charge in [0, 0.05) is 5.69 Å². The van der Waals surface area contributed by atoms with E-state index in [0.717, 1.165) is 12.1 Å². The molecule has 0 radical (unpaired) electrons. The van der Waals surface area contributed by atoms with Crippen LogP contribution in [0, 0.1) is 5.39 Å². The molecule has 0 aliphatic heterocycles. The maximum absolute atomic E-state index is 11.1. The molecule has 0 saturated heterocycles. The van der Waals surface area contributed by atoms with Gasteiger partial charge in [-0.1, -0.05) is 0 Å². The fourth-order valence-corrected chi connectivity index (χ4v) is 2.37. The Balaban J connectivity index is 2.41. The van der Waals surface area contributed by atoms with Gasteiger partial charge in [0.25, 0.3) is 0 Å². The van der Waals surface area contributed by atoms with Gasteiger partial charge >= 0.3 is 15.8 Å². The standard InChI is InChI=1S/C9H4Cl2N6O3S/c10-7-14-8(11)16-9(15-7)13-4-1-2-6(21(18,19)20)5(3-4)17-12/h1-3H,(H-,13,14,15,16,18,19,20)/p+1. The van der Waals surface area contributed by atoms with Crippen molar-refractivity contribution in [1.82, 2.24) is 15.0 Å². The number of aromatic nitrogens is 3. The van der Waals surface area contributed by atoms with E-state index in [1.165, 1.54) is 6.07 Å². The molecule has 108 valence electrons. The molecule has 2 rings (SSSR count). The zero-order valence-corrected chi connectivity index (χ0v) is 12.2. The zero-order valence-electron chi connectivity index (χ0n) is 9.90. The summed E-state index contributed by atoms with van der Waals surface area (Å²) in [5.74, 6) is 0.00324. The first-order valence-electron chi connectivity index (χ1n) is 5.10. The first-order chi connectivity index (χ1) is 9.79. The average molecular weight is 348 g/mol. The summed E-state index contributed by atoms with van der Waals surface area (Å²) in [5, 5.41) is 11.2. The Hall–Kier alpha value is -2.06. The second-order valence-corrected chi connectivity index (χ2v) is 5.65. The van der Waals surface area contributed by atoms with Crippen LogP contribution in [0.2, 0.25) is 10.6 Å². The highest BCUT2D eigenvalue weighted by atomic mass is 35.5. The Morgan fingerprint density at radius 2 is 1.81 bits per heavy atom. The summed E-state index contributed by atoms with van der Waals surface area (Å²) in [6, 6.07) is 3.48. The number of halogens is 2. The molecule has 12 heteroatoms. The van der Waals surface area contributed by atoms with Crippen molar-refractivity contribution in [2.45, 2.75) is 4.90 Å². The van der Waals surface area contributed by atoms with Crippen molar-refractivity contribution < 1.29 is 13.0 Å². The van der Waals surface area contributed by atoms with E-state index in [2.05, 4.69) is 25.2 Å². The third-order valence-electron chi connectivity index (χ3n) is 2.18. The van der Waals surface area contributed by atoms with Crippen LogP contribution in [0.4, 0.5) is 17.3 Å². The number of diazo groups is 1. The minimum absolute atomic E-state index is 0.00324. The lowest BCUT2D eigenvalue weighted by molar-refractivity contribution is 0.483. The highest BCUT2D eigenvalue weighted by Crippen LogP contribution is 2.28. The lowest BCUT2D eigenvalue weighted by Gasteiger charge is -2.04. The molecule has 0 saturated carbocycles. The Kier molecular flexibility index (Phi) is 4.19. The van der Waals surface area contributed by atoms with Crippen LogP contribution in [0.1, 0.15) is 0 Å². The lowest BCUT2D eigenvalue weighted by atomic mass is 10.3. The molecule has 1 heterocycles. The summed E-state index contributed by atoms with van der Waals surface area (Å²) < 4.78 is 31.1. The summed E-state index contributed by atoms with van der Waals surface area (Å²) in [7, 11) is -4.51. The molecule has 0 atom stereocenters. The van der Waals surface area contributed by atoms with E-state index in [9.17, 15) is 8.42 Å². The average Bonchev–Trinajstić information content (AvgIpc) is 2.36. The van der Waals surface area contributed by atoms with Gasteiger partial charge in [-0.15, -0.1) is 0 Å². The van der Waals surface area contributed by atoms with Gasteiger partial charge in [-0.05, 0) is 35.3 Å². The van der Waals surface area contributed by atoms with Gasteiger partial charge in [0.2, 0.25) is 21.9 Å². The van der Waals surface area contributed by atoms with E-state index < -0.39 is 15.0 Å². The molecular formula is C9H5Cl2N6O3S+. The van der Waals surface area contributed by atoms with Crippen molar-refractivity contribution in [1.29, 1.82) is 5.39 Å². The predicted octanol–water partition coefficient (Wildman–Crippen LogP) is 2.65. The van der Waals surface area contributed by atoms with Crippen LogP contribution >= 0.6 is 23.2 Å². The molecule has 0 unspecified atom stereocenters. The Morgan fingerprint density at radius 1 is 1.19 bits per heavy atom. The van der Waals surface area contributed by atoms with E-state index >= 15 is 0 Å². The number of rotatable bonds is 3. The van der Waals surface area contributed by atoms with E-state index in [1.54, 1.807) is 0 Å². The monoisotopic (exact) mass is 347 g/mol. The highest BCUT2D eigenvalue weighted by molar-refractivity contribution is 7.86. The molecule has 0 bridgehead atoms. The van der Waals surface area contributed by atoms with Crippen molar-refractivity contribution in [3.8, 4) is 0 Å². The van der Waals surface area contributed by atoms with Gasteiger partial charge in [0.15, 0.2) is 9.87 Å². The molecular weight excluding hydrogens is 343 g/mol. The number of nitrogens with one attached hydrogen (secondary N) is 1. The second kappa shape index (κ2) is 5.74. The number of anilines is 2. The summed E-state index contributed by atoms with van der Waals surface area (Å²) in [6.45, 7) is 0. The largest absolute Gasteiger partial charge is 0.408 e. The SMILES string of the molecule is N#[N+]c1cc(Nc2nc(Cl)nc(Cl)n2)ccc1S(=O)(=O)O. The zero-order chi connectivity index (χ0) is 15.6. The first kappa shape index (κ1) is 15.3. The van der Waals surface area contributed by atoms with Crippen molar-refractivity contribution >= 4 is 50.6 Å². The Morgan fingerprint density at radius 3 is 2.33 bits per heavy atom. The fraction of sp³-hybridized carbons (Fsp3) is 0. The Bertz CT molecular complexity index is 831. The van der Waals surface area contributed by atoms with E-state index in [4.69, 9.17) is 33.1 Å². The molecule has 0 spiro atoms. The third-order valence-corrected chi connectivity index (χ3v) is 3.42. The molecule has 21 heavy (non-hydrogen) atoms. The molecule has 9 nitrogen and oxygen atoms in total. The lowest BCUT2D eigenvalue weighted by Crippen LogP contribution is -2.01. The summed E-state index contributed by atoms with van der Waals surface area (Å²) in [4.78, 5) is 13.3. The van der Waals surface area contributed by atoms with Crippen molar-refractivity contribution in [3.63, 3.8) is 0 Å². The quantitative estimate of drug-likeness (QED) is 0.639. The minimum atomic E-state index is -4.51. The normalized spacial score (nSPS) is 11.0. The van der Waals surface area contributed by atoms with Gasteiger partial charge < -0.3 is 5.32 Å². The van der Waals surface area contributed by atoms with Gasteiger partial charge in [0.05, 0.1) is 6.07 Å². The van der Waals surface area contributed by atoms with Crippen LogP contribution in [0.25, 0.3) is 4.98 Å². The second-order valence-electron chi connectivity index (χ2n) is 3.58. The first-order valence-corrected chi connectivity index (χ1v) is 7.30. The van der Waals surface area contributed by atoms with Crippen molar-refractivity contribution in [3.05, 3.63) is 33.7 Å². The summed E-state index contributed by atoms with van der Waals surface area (Å²) >= 11 is 11.2. The number of nitrogens with zero attached hydrogens (tertiary/aromatic N) is 5. The van der Waals surface area contributed by atoms with Gasteiger partial charge in [0.1, 0.15) is 0 Å². The van der Waals surface area contributed by atoms with Gasteiger partial charge in [-0.25, -0.2) is 0 Å². The van der Waals surface area contributed by atoms with Crippen LogP contribution in [0.3, 0.4) is 0 Å². The van der Waals surface area contributed by atoms with Crippen LogP contribution in [-0.4, -0.2) is 27.9 Å². The fourth-order valence-electron chi connectivity index (χ4n) is 1.40. The van der Waals surface area contributed by atoms with Gasteiger partial charge in [-0.2, -0.15) is 23.4 Å². The molecule has 0 aliphatic carbocycles. The van der Waals surface area contributed by atoms with E-state index in [1.807, 2.05) is 0 Å². The minimum Gasteiger partial charge on any atom is -0.324 e. The van der Waals surface area contributed by atoms with Crippen molar-refractivity contribution in [2.24, 2.45) is 0 Å². The number of benzene rings is 1. The van der Waals surface area contributed by atoms with E-state index in [-0.39, 0.29) is 27.9 Å². The summed E-state index contributed by atoms with van der Waals surface area (Å²) in [6.07, 6.45) is 0. The topological polar surface area (TPSA) is 133 Å². The van der Waals surface area contributed by atoms with E-state index in [0.29, 0.717) is 0 Å². The maximum atomic E-state index is 11.1. The molecule has 2 aromatic rings. The molecule has 1 aromatic heterocycles. The molecule has 0 fully saturated rings. The third kappa shape index (κ3) is 3.73. The number of hydrogen-bond acceptors (Lipinski definition) is 7.